The highest BCUT2D eigenvalue weighted by atomic mass is 35.5. The van der Waals surface area contributed by atoms with Crippen molar-refractivity contribution in [3.05, 3.63) is 77.6 Å². The number of nitrogens with one attached hydrogen (secondary N) is 2. The van der Waals surface area contributed by atoms with Crippen LogP contribution in [0.15, 0.2) is 67.1 Å². The summed E-state index contributed by atoms with van der Waals surface area (Å²) in [6.45, 7) is 3.57. The van der Waals surface area contributed by atoms with Crippen LogP contribution in [0, 0.1) is 11.8 Å². The number of ether oxygens (including phenoxy) is 2. The molecule has 0 radical (unpaired) electrons. The molecule has 0 unspecified atom stereocenters. The molecule has 0 bridgehead atoms. The third-order valence-corrected chi connectivity index (χ3v) is 8.43. The number of hydrogen-bond donors (Lipinski definition) is 2. The molecule has 10 nitrogen and oxygen atoms in total. The first-order valence-electron chi connectivity index (χ1n) is 14.0. The van der Waals surface area contributed by atoms with Crippen LogP contribution in [0.3, 0.4) is 0 Å². The zero-order valence-corrected chi connectivity index (χ0v) is 24.8. The Balaban J connectivity index is 0.00000329. The number of aromatic nitrogens is 4. The number of rotatable bonds is 5. The van der Waals surface area contributed by atoms with Gasteiger partial charge in [0.1, 0.15) is 12.4 Å². The van der Waals surface area contributed by atoms with Crippen molar-refractivity contribution in [1.82, 2.24) is 30.0 Å². The van der Waals surface area contributed by atoms with E-state index in [0.717, 1.165) is 44.0 Å². The molecule has 2 aromatic carbocycles. The van der Waals surface area contributed by atoms with E-state index in [-0.39, 0.29) is 30.6 Å². The van der Waals surface area contributed by atoms with Gasteiger partial charge in [0.15, 0.2) is 5.82 Å². The maximum Gasteiger partial charge on any atom is 0.410 e. The standard InChI is InChI=1S/C31H29N7O3S.ClH/c39-31(37-10-12-40-13-11-37)41-25-15-23(32-18-25)6-8-26-16-27-29(42-26)30(34-20-33-27)36-24-7-9-28-22(14-24)17-35-38(28)19-21-4-2-1-3-5-21;/h1-5,7,9,14,16-17,20,23,25,32H,10-13,15,18-19H2,(H,33,34,36);1H/p-1/t23-,25-;/m1./s1. The van der Waals surface area contributed by atoms with Gasteiger partial charge in [0.2, 0.25) is 0 Å². The fourth-order valence-corrected chi connectivity index (χ4v) is 6.13. The summed E-state index contributed by atoms with van der Waals surface area (Å²) in [5.74, 6) is 7.32. The SMILES string of the molecule is O=C(O[C@H]1CN[C@H](C#Cc2cc3ncnc(Nc4ccc5c(cnn5Cc5ccccc5)c4)c3s2)C1)N1CCOCC1.[Cl-]. The van der Waals surface area contributed by atoms with E-state index in [0.29, 0.717) is 39.3 Å². The van der Waals surface area contributed by atoms with E-state index in [1.807, 2.05) is 41.2 Å². The Morgan fingerprint density at radius 1 is 1.14 bits per heavy atom. The van der Waals surface area contributed by atoms with Crippen LogP contribution in [-0.2, 0) is 16.0 Å². The highest BCUT2D eigenvalue weighted by molar-refractivity contribution is 7.20. The number of hydrogen-bond acceptors (Lipinski definition) is 9. The number of thiophene rings is 1. The second-order valence-electron chi connectivity index (χ2n) is 10.3. The zero-order chi connectivity index (χ0) is 28.3. The van der Waals surface area contributed by atoms with Gasteiger partial charge in [-0.25, -0.2) is 14.8 Å². The first kappa shape index (κ1) is 28.9. The minimum atomic E-state index is -0.276. The zero-order valence-electron chi connectivity index (χ0n) is 23.2. The van der Waals surface area contributed by atoms with Crippen molar-refractivity contribution < 1.29 is 26.7 Å². The number of morpholine rings is 1. The summed E-state index contributed by atoms with van der Waals surface area (Å²) in [6, 6.07) is 18.5. The van der Waals surface area contributed by atoms with Gasteiger partial charge in [-0.3, -0.25) is 10.00 Å². The largest absolute Gasteiger partial charge is 1.00 e. The minimum Gasteiger partial charge on any atom is -1.00 e. The molecule has 0 spiro atoms. The van der Waals surface area contributed by atoms with Crippen LogP contribution in [0.4, 0.5) is 16.3 Å². The maximum absolute atomic E-state index is 12.4. The van der Waals surface area contributed by atoms with Crippen molar-refractivity contribution in [2.24, 2.45) is 0 Å². The summed E-state index contributed by atoms with van der Waals surface area (Å²) < 4.78 is 13.9. The molecular formula is C31H29ClN7O3S-. The number of nitrogens with zero attached hydrogens (tertiary/aromatic N) is 5. The predicted octanol–water partition coefficient (Wildman–Crippen LogP) is 1.39. The average molecular weight is 615 g/mol. The average Bonchev–Trinajstić information content (AvgIpc) is 3.76. The monoisotopic (exact) mass is 614 g/mol. The Morgan fingerprint density at radius 2 is 2.00 bits per heavy atom. The Bertz CT molecular complexity index is 1790. The van der Waals surface area contributed by atoms with Crippen molar-refractivity contribution in [1.29, 1.82) is 0 Å². The number of anilines is 2. The highest BCUT2D eigenvalue weighted by Gasteiger charge is 2.28. The first-order chi connectivity index (χ1) is 20.7. The normalized spacial score (nSPS) is 18.2. The van der Waals surface area contributed by atoms with Gasteiger partial charge in [0.05, 0.1) is 52.6 Å². The van der Waals surface area contributed by atoms with Crippen molar-refractivity contribution in [2.75, 3.05) is 38.2 Å². The summed E-state index contributed by atoms with van der Waals surface area (Å²) in [5, 5.41) is 12.5. The summed E-state index contributed by atoms with van der Waals surface area (Å²) in [4.78, 5) is 24.0. The van der Waals surface area contributed by atoms with E-state index in [1.54, 1.807) is 22.6 Å². The molecular weight excluding hydrogens is 586 g/mol. The highest BCUT2D eigenvalue weighted by Crippen LogP contribution is 2.31. The maximum atomic E-state index is 12.4. The van der Waals surface area contributed by atoms with Crippen molar-refractivity contribution in [3.63, 3.8) is 0 Å². The molecule has 5 aromatic rings. The molecule has 5 heterocycles. The molecule has 12 heteroatoms. The van der Waals surface area contributed by atoms with Crippen molar-refractivity contribution in [3.8, 4) is 11.8 Å². The molecule has 1 amide bonds. The van der Waals surface area contributed by atoms with Gasteiger partial charge in [-0.15, -0.1) is 11.3 Å². The fourth-order valence-electron chi connectivity index (χ4n) is 5.21. The Labute approximate surface area is 258 Å². The van der Waals surface area contributed by atoms with Crippen LogP contribution < -0.4 is 23.0 Å². The molecule has 2 N–H and O–H groups in total. The van der Waals surface area contributed by atoms with Gasteiger partial charge in [-0.2, -0.15) is 5.10 Å². The summed E-state index contributed by atoms with van der Waals surface area (Å²) in [5.41, 5.74) is 4.05. The lowest BCUT2D eigenvalue weighted by molar-refractivity contribution is -0.0000252. The van der Waals surface area contributed by atoms with Crippen molar-refractivity contribution >= 4 is 50.1 Å². The molecule has 2 aliphatic rings. The molecule has 2 aliphatic heterocycles. The molecule has 7 rings (SSSR count). The number of carbonyl (C=O) groups is 1. The fraction of sp³-hybridized carbons (Fsp3) is 0.290. The number of amides is 1. The van der Waals surface area contributed by atoms with Gasteiger partial charge in [-0.1, -0.05) is 42.2 Å². The quantitative estimate of drug-likeness (QED) is 0.286. The third-order valence-electron chi connectivity index (χ3n) is 7.39. The smallest absolute Gasteiger partial charge is 0.410 e. The molecule has 0 saturated carbocycles. The Hall–Kier alpha value is -4.21. The number of benzene rings is 2. The summed E-state index contributed by atoms with van der Waals surface area (Å²) in [6.07, 6.45) is 3.65. The van der Waals surface area contributed by atoms with Crippen LogP contribution in [0.1, 0.15) is 16.9 Å². The molecule has 2 atom stereocenters. The van der Waals surface area contributed by atoms with Crippen LogP contribution in [-0.4, -0.2) is 75.7 Å². The van der Waals surface area contributed by atoms with E-state index >= 15 is 0 Å². The number of halogens is 1. The number of fused-ring (bicyclic) bond motifs is 2. The van der Waals surface area contributed by atoms with Crippen LogP contribution in [0.25, 0.3) is 21.1 Å². The summed E-state index contributed by atoms with van der Waals surface area (Å²) >= 11 is 1.56. The topological polar surface area (TPSA) is 106 Å². The lowest BCUT2D eigenvalue weighted by Crippen LogP contribution is -3.00. The second kappa shape index (κ2) is 13.0. The molecule has 0 aliphatic carbocycles. The molecule has 220 valence electrons. The Morgan fingerprint density at radius 3 is 2.86 bits per heavy atom. The molecule has 3 aromatic heterocycles. The van der Waals surface area contributed by atoms with Gasteiger partial charge < -0.3 is 32.1 Å². The number of carbonyl (C=O) groups excluding carboxylic acids is 1. The first-order valence-corrected chi connectivity index (χ1v) is 14.8. The Kier molecular flexibility index (Phi) is 8.72. The van der Waals surface area contributed by atoms with E-state index in [2.05, 4.69) is 61.8 Å². The third kappa shape index (κ3) is 6.58. The van der Waals surface area contributed by atoms with Crippen molar-refractivity contribution in [2.45, 2.75) is 25.1 Å². The van der Waals surface area contributed by atoms with Crippen LogP contribution in [0.5, 0.6) is 0 Å². The van der Waals surface area contributed by atoms with Crippen LogP contribution in [0.2, 0.25) is 0 Å². The van der Waals surface area contributed by atoms with Gasteiger partial charge in [0.25, 0.3) is 0 Å². The summed E-state index contributed by atoms with van der Waals surface area (Å²) in [7, 11) is 0. The van der Waals surface area contributed by atoms with Gasteiger partial charge in [-0.05, 0) is 29.8 Å². The molecule has 43 heavy (non-hydrogen) atoms. The molecule has 2 fully saturated rings. The van der Waals surface area contributed by atoms with E-state index in [9.17, 15) is 4.79 Å². The molecule has 2 saturated heterocycles. The van der Waals surface area contributed by atoms with E-state index in [1.165, 1.54) is 5.56 Å². The lowest BCUT2D eigenvalue weighted by Gasteiger charge is -2.27. The van der Waals surface area contributed by atoms with Crippen LogP contribution >= 0.6 is 11.3 Å². The van der Waals surface area contributed by atoms with E-state index in [4.69, 9.17) is 9.47 Å². The lowest BCUT2D eigenvalue weighted by atomic mass is 10.2. The van der Waals surface area contributed by atoms with Gasteiger partial charge in [0, 0.05) is 37.1 Å². The van der Waals surface area contributed by atoms with Gasteiger partial charge >= 0.3 is 6.09 Å². The second-order valence-corrected chi connectivity index (χ2v) is 11.4. The van der Waals surface area contributed by atoms with E-state index < -0.39 is 0 Å². The minimum absolute atomic E-state index is 0. The predicted molar refractivity (Wildman–Crippen MR) is 162 cm³/mol.